The normalized spacial score (nSPS) is 11.0. The van der Waals surface area contributed by atoms with E-state index in [2.05, 4.69) is 0 Å². The number of esters is 2. The number of hydrogen-bond acceptors (Lipinski definition) is 6. The zero-order valence-corrected chi connectivity index (χ0v) is 14.6. The molecule has 0 spiro atoms. The second-order valence-electron chi connectivity index (χ2n) is 6.10. The molecule has 0 atom stereocenters. The van der Waals surface area contributed by atoms with Crippen LogP contribution in [0.25, 0.3) is 0 Å². The van der Waals surface area contributed by atoms with E-state index in [0.29, 0.717) is 11.1 Å². The van der Waals surface area contributed by atoms with Crippen molar-refractivity contribution in [3.8, 4) is 0 Å². The summed E-state index contributed by atoms with van der Waals surface area (Å²) in [5.74, 6) is -2.42. The van der Waals surface area contributed by atoms with Crippen LogP contribution in [0.3, 0.4) is 0 Å². The molecule has 0 aliphatic heterocycles. The number of carbonyl (C=O) groups excluding carboxylic acids is 2. The lowest BCUT2D eigenvalue weighted by Gasteiger charge is -2.19. The van der Waals surface area contributed by atoms with Gasteiger partial charge in [0.05, 0.1) is 17.1 Å². The summed E-state index contributed by atoms with van der Waals surface area (Å²) in [4.78, 5) is 34.8. The first-order valence-corrected chi connectivity index (χ1v) is 7.76. The van der Waals surface area contributed by atoms with Crippen LogP contribution in [0.2, 0.25) is 0 Å². The summed E-state index contributed by atoms with van der Waals surface area (Å²) in [6, 6.07) is 4.31. The van der Waals surface area contributed by atoms with Gasteiger partial charge in [0.1, 0.15) is 0 Å². The fourth-order valence-electron chi connectivity index (χ4n) is 2.13. The van der Waals surface area contributed by atoms with Crippen molar-refractivity contribution >= 4 is 17.6 Å². The van der Waals surface area contributed by atoms with E-state index in [1.807, 2.05) is 0 Å². The third-order valence-corrected chi connectivity index (χ3v) is 3.23. The minimum absolute atomic E-state index is 0.0395. The minimum atomic E-state index is -1.10. The smallest absolute Gasteiger partial charge is 0.320 e. The minimum Gasteiger partial charge on any atom is -0.462 e. The predicted molar refractivity (Wildman–Crippen MR) is 87.5 cm³/mol. The van der Waals surface area contributed by atoms with E-state index in [1.165, 1.54) is 12.1 Å². The van der Waals surface area contributed by atoms with Crippen LogP contribution in [-0.4, -0.2) is 29.1 Å². The van der Waals surface area contributed by atoms with Gasteiger partial charge in [-0.15, -0.1) is 0 Å². The van der Waals surface area contributed by atoms with Gasteiger partial charge in [0.15, 0.2) is 5.92 Å². The van der Waals surface area contributed by atoms with E-state index in [0.717, 1.165) is 0 Å². The number of non-ortho nitro benzene ring substituents is 1. The van der Waals surface area contributed by atoms with Crippen molar-refractivity contribution in [1.29, 1.82) is 0 Å². The molecule has 1 aromatic rings. The second kappa shape index (κ2) is 8.42. The van der Waals surface area contributed by atoms with Gasteiger partial charge in [-0.3, -0.25) is 19.7 Å². The molecular weight excluding hydrogens is 314 g/mol. The molecule has 0 N–H and O–H groups in total. The number of nitro groups is 1. The van der Waals surface area contributed by atoms with Crippen molar-refractivity contribution in [2.24, 2.45) is 5.92 Å². The van der Waals surface area contributed by atoms with Gasteiger partial charge in [0.2, 0.25) is 0 Å². The maximum absolute atomic E-state index is 12.2. The Bertz CT molecular complexity index is 602. The number of rotatable bonds is 7. The largest absolute Gasteiger partial charge is 0.462 e. The highest BCUT2D eigenvalue weighted by molar-refractivity contribution is 5.95. The Hall–Kier alpha value is -2.44. The molecule has 0 radical (unpaired) electrons. The molecule has 0 aromatic heterocycles. The standard InChI is InChI=1S/C17H23NO6/c1-10(2)23-16(19)15(17(20)24-11(3)4)9-13-6-7-14(18(21)22)8-12(13)5/h6-8,10-11,15H,9H2,1-5H3. The molecule has 0 saturated carbocycles. The molecule has 0 fully saturated rings. The number of ether oxygens (including phenoxy) is 2. The molecule has 7 nitrogen and oxygen atoms in total. The van der Waals surface area contributed by atoms with Gasteiger partial charge in [-0.05, 0) is 52.2 Å². The molecule has 0 amide bonds. The molecule has 0 unspecified atom stereocenters. The Morgan fingerprint density at radius 2 is 1.58 bits per heavy atom. The van der Waals surface area contributed by atoms with Crippen molar-refractivity contribution in [2.75, 3.05) is 0 Å². The van der Waals surface area contributed by atoms with E-state index in [-0.39, 0.29) is 24.3 Å². The summed E-state index contributed by atoms with van der Waals surface area (Å²) >= 11 is 0. The molecule has 1 rings (SSSR count). The highest BCUT2D eigenvalue weighted by atomic mass is 16.6. The van der Waals surface area contributed by atoms with Crippen molar-refractivity contribution in [3.63, 3.8) is 0 Å². The number of carbonyl (C=O) groups is 2. The summed E-state index contributed by atoms with van der Waals surface area (Å²) in [6.07, 6.45) is -0.643. The molecule has 1 aromatic carbocycles. The van der Waals surface area contributed by atoms with Gasteiger partial charge < -0.3 is 9.47 Å². The molecule has 0 heterocycles. The maximum atomic E-state index is 12.2. The predicted octanol–water partition coefficient (Wildman–Crippen LogP) is 2.97. The van der Waals surface area contributed by atoms with Gasteiger partial charge in [0, 0.05) is 12.1 Å². The monoisotopic (exact) mass is 337 g/mol. The van der Waals surface area contributed by atoms with E-state index >= 15 is 0 Å². The number of nitrogens with zero attached hydrogens (tertiary/aromatic N) is 1. The summed E-state index contributed by atoms with van der Waals surface area (Å²) in [6.45, 7) is 8.47. The van der Waals surface area contributed by atoms with Crippen LogP contribution in [-0.2, 0) is 25.5 Å². The van der Waals surface area contributed by atoms with Gasteiger partial charge in [0.25, 0.3) is 5.69 Å². The SMILES string of the molecule is Cc1cc([N+](=O)[O-])ccc1CC(C(=O)OC(C)C)C(=O)OC(C)C. The average Bonchev–Trinajstić information content (AvgIpc) is 2.43. The van der Waals surface area contributed by atoms with Crippen LogP contribution in [0.5, 0.6) is 0 Å². The Kier molecular flexibility index (Phi) is 6.88. The lowest BCUT2D eigenvalue weighted by atomic mass is 9.95. The zero-order chi connectivity index (χ0) is 18.4. The van der Waals surface area contributed by atoms with Crippen molar-refractivity contribution in [1.82, 2.24) is 0 Å². The van der Waals surface area contributed by atoms with E-state index in [4.69, 9.17) is 9.47 Å². The van der Waals surface area contributed by atoms with Crippen molar-refractivity contribution in [3.05, 3.63) is 39.4 Å². The number of nitro benzene ring substituents is 1. The molecule has 0 aliphatic rings. The maximum Gasteiger partial charge on any atom is 0.320 e. The quantitative estimate of drug-likeness (QED) is 0.328. The zero-order valence-electron chi connectivity index (χ0n) is 14.6. The molecule has 132 valence electrons. The van der Waals surface area contributed by atoms with E-state index in [1.54, 1.807) is 40.7 Å². The Balaban J connectivity index is 3.05. The van der Waals surface area contributed by atoms with Crippen LogP contribution < -0.4 is 0 Å². The average molecular weight is 337 g/mol. The van der Waals surface area contributed by atoms with Gasteiger partial charge in [-0.2, -0.15) is 0 Å². The highest BCUT2D eigenvalue weighted by Gasteiger charge is 2.32. The fourth-order valence-corrected chi connectivity index (χ4v) is 2.13. The first kappa shape index (κ1) is 19.6. The summed E-state index contributed by atoms with van der Waals surface area (Å²) in [7, 11) is 0. The van der Waals surface area contributed by atoms with E-state index < -0.39 is 22.8 Å². The third-order valence-electron chi connectivity index (χ3n) is 3.23. The van der Waals surface area contributed by atoms with Crippen LogP contribution in [0.1, 0.15) is 38.8 Å². The van der Waals surface area contributed by atoms with Crippen molar-refractivity contribution < 1.29 is 24.0 Å². The second-order valence-corrected chi connectivity index (χ2v) is 6.10. The first-order valence-electron chi connectivity index (χ1n) is 7.76. The highest BCUT2D eigenvalue weighted by Crippen LogP contribution is 2.21. The van der Waals surface area contributed by atoms with Gasteiger partial charge in [-0.25, -0.2) is 0 Å². The molecule has 0 bridgehead atoms. The molecular formula is C17H23NO6. The Morgan fingerprint density at radius 3 is 1.96 bits per heavy atom. The first-order chi connectivity index (χ1) is 11.1. The van der Waals surface area contributed by atoms with E-state index in [9.17, 15) is 19.7 Å². The summed E-state index contributed by atoms with van der Waals surface area (Å²) < 4.78 is 10.3. The van der Waals surface area contributed by atoms with Crippen LogP contribution in [0.15, 0.2) is 18.2 Å². The van der Waals surface area contributed by atoms with Crippen LogP contribution >= 0.6 is 0 Å². The topological polar surface area (TPSA) is 95.7 Å². The van der Waals surface area contributed by atoms with Gasteiger partial charge >= 0.3 is 11.9 Å². The van der Waals surface area contributed by atoms with Gasteiger partial charge in [-0.1, -0.05) is 6.07 Å². The van der Waals surface area contributed by atoms with Crippen LogP contribution in [0.4, 0.5) is 5.69 Å². The number of hydrogen-bond donors (Lipinski definition) is 0. The summed E-state index contributed by atoms with van der Waals surface area (Å²) in [5, 5.41) is 10.8. The van der Waals surface area contributed by atoms with Crippen LogP contribution in [0, 0.1) is 23.0 Å². The molecule has 24 heavy (non-hydrogen) atoms. The summed E-state index contributed by atoms with van der Waals surface area (Å²) in [5.41, 5.74) is 1.25. The third kappa shape index (κ3) is 5.64. The Labute approximate surface area is 141 Å². The molecule has 0 saturated heterocycles. The lowest BCUT2D eigenvalue weighted by Crippen LogP contribution is -2.33. The molecule has 7 heteroatoms. The Morgan fingerprint density at radius 1 is 1.08 bits per heavy atom. The number of aryl methyl sites for hydroxylation is 1. The number of benzene rings is 1. The van der Waals surface area contributed by atoms with Crippen molar-refractivity contribution in [2.45, 2.75) is 53.2 Å². The fraction of sp³-hybridized carbons (Fsp3) is 0.529. The lowest BCUT2D eigenvalue weighted by molar-refractivity contribution is -0.384. The molecule has 0 aliphatic carbocycles.